The van der Waals surface area contributed by atoms with Crippen molar-refractivity contribution in [1.82, 2.24) is 0 Å². The van der Waals surface area contributed by atoms with E-state index in [1.165, 1.54) is 32.3 Å². The van der Waals surface area contributed by atoms with E-state index in [2.05, 4.69) is 72.0 Å². The first-order chi connectivity index (χ1) is 9.86. The fraction of sp³-hybridized carbons (Fsp3) is 0.0526. The van der Waals surface area contributed by atoms with Crippen LogP contribution in [-0.2, 0) is 0 Å². The van der Waals surface area contributed by atoms with E-state index in [-0.39, 0.29) is 0 Å². The van der Waals surface area contributed by atoms with Crippen molar-refractivity contribution >= 4 is 38.0 Å². The molecule has 1 nitrogen and oxygen atoms in total. The molecule has 0 atom stereocenters. The fourth-order valence-corrected chi connectivity index (χ4v) is 2.98. The molecule has 0 heterocycles. The number of rotatable bonds is 1. The fourth-order valence-electron chi connectivity index (χ4n) is 2.98. The van der Waals surface area contributed by atoms with Crippen LogP contribution in [0.15, 0.2) is 66.7 Å². The van der Waals surface area contributed by atoms with Crippen LogP contribution >= 0.6 is 0 Å². The summed E-state index contributed by atoms with van der Waals surface area (Å²) in [6.45, 7) is 0. The Labute approximate surface area is 117 Å². The zero-order valence-corrected chi connectivity index (χ0v) is 11.4. The number of hydrogen-bond acceptors (Lipinski definition) is 1. The Hall–Kier alpha value is -2.54. The Bertz CT molecular complexity index is 938. The van der Waals surface area contributed by atoms with Gasteiger partial charge in [-0.05, 0) is 44.5 Å². The highest BCUT2D eigenvalue weighted by Gasteiger charge is 2.04. The first-order valence-corrected chi connectivity index (χ1v) is 6.89. The molecule has 0 aliphatic carbocycles. The standard InChI is InChI=1S/C19H15N/c1-20-15-8-11-17-14(12-15)7-10-18-16-5-3-2-4-13(16)6-9-19(17)18/h2-12,20H,1H3. The van der Waals surface area contributed by atoms with Crippen LogP contribution in [0.2, 0.25) is 0 Å². The molecule has 0 fully saturated rings. The van der Waals surface area contributed by atoms with Gasteiger partial charge in [0.25, 0.3) is 0 Å². The molecular weight excluding hydrogens is 242 g/mol. The maximum absolute atomic E-state index is 3.20. The molecule has 0 bridgehead atoms. The molecular formula is C19H15N. The third-order valence-corrected chi connectivity index (χ3v) is 4.03. The second kappa shape index (κ2) is 4.24. The maximum Gasteiger partial charge on any atom is 0.0344 e. The van der Waals surface area contributed by atoms with E-state index in [1.54, 1.807) is 0 Å². The smallest absolute Gasteiger partial charge is 0.0344 e. The summed E-state index contributed by atoms with van der Waals surface area (Å²) in [6, 6.07) is 24.0. The van der Waals surface area contributed by atoms with Gasteiger partial charge in [-0.15, -0.1) is 0 Å². The van der Waals surface area contributed by atoms with Gasteiger partial charge in [-0.1, -0.05) is 54.6 Å². The molecule has 96 valence electrons. The van der Waals surface area contributed by atoms with Gasteiger partial charge >= 0.3 is 0 Å². The molecule has 0 spiro atoms. The lowest BCUT2D eigenvalue weighted by Gasteiger charge is -2.09. The van der Waals surface area contributed by atoms with Crippen molar-refractivity contribution in [1.29, 1.82) is 0 Å². The van der Waals surface area contributed by atoms with Gasteiger partial charge in [0, 0.05) is 12.7 Å². The summed E-state index contributed by atoms with van der Waals surface area (Å²) in [6.07, 6.45) is 0. The largest absolute Gasteiger partial charge is 0.388 e. The number of nitrogens with one attached hydrogen (secondary N) is 1. The van der Waals surface area contributed by atoms with E-state index < -0.39 is 0 Å². The summed E-state index contributed by atoms with van der Waals surface area (Å²) in [5.74, 6) is 0. The Morgan fingerprint density at radius 1 is 0.600 bits per heavy atom. The molecule has 4 aromatic rings. The van der Waals surface area contributed by atoms with E-state index in [9.17, 15) is 0 Å². The highest BCUT2D eigenvalue weighted by molar-refractivity contribution is 6.17. The Morgan fingerprint density at radius 3 is 2.05 bits per heavy atom. The lowest BCUT2D eigenvalue weighted by Crippen LogP contribution is -1.87. The van der Waals surface area contributed by atoms with Crippen LogP contribution in [0.3, 0.4) is 0 Å². The molecule has 0 aliphatic rings. The summed E-state index contributed by atoms with van der Waals surface area (Å²) in [5.41, 5.74) is 1.15. The maximum atomic E-state index is 3.20. The lowest BCUT2D eigenvalue weighted by atomic mass is 9.97. The first kappa shape index (κ1) is 11.3. The molecule has 4 rings (SSSR count). The third kappa shape index (κ3) is 1.56. The van der Waals surface area contributed by atoms with Crippen molar-refractivity contribution in [3.8, 4) is 0 Å². The summed E-state index contributed by atoms with van der Waals surface area (Å²) in [4.78, 5) is 0. The number of benzene rings is 4. The molecule has 0 radical (unpaired) electrons. The molecule has 4 aromatic carbocycles. The van der Waals surface area contributed by atoms with Gasteiger partial charge in [0.05, 0.1) is 0 Å². The van der Waals surface area contributed by atoms with E-state index in [0.29, 0.717) is 0 Å². The van der Waals surface area contributed by atoms with Crippen molar-refractivity contribution in [2.45, 2.75) is 0 Å². The summed E-state index contributed by atoms with van der Waals surface area (Å²) < 4.78 is 0. The molecule has 1 heteroatoms. The summed E-state index contributed by atoms with van der Waals surface area (Å²) >= 11 is 0. The van der Waals surface area contributed by atoms with Gasteiger partial charge in [-0.2, -0.15) is 0 Å². The average Bonchev–Trinajstić information content (AvgIpc) is 2.53. The second-order valence-electron chi connectivity index (χ2n) is 5.13. The monoisotopic (exact) mass is 257 g/mol. The topological polar surface area (TPSA) is 12.0 Å². The molecule has 0 saturated heterocycles. The van der Waals surface area contributed by atoms with E-state index >= 15 is 0 Å². The van der Waals surface area contributed by atoms with Gasteiger partial charge < -0.3 is 5.32 Å². The molecule has 0 aliphatic heterocycles. The highest BCUT2D eigenvalue weighted by Crippen LogP contribution is 2.32. The quantitative estimate of drug-likeness (QED) is 0.463. The van der Waals surface area contributed by atoms with Crippen molar-refractivity contribution in [2.75, 3.05) is 12.4 Å². The molecule has 0 amide bonds. The lowest BCUT2D eigenvalue weighted by molar-refractivity contribution is 1.54. The van der Waals surface area contributed by atoms with Gasteiger partial charge in [-0.3, -0.25) is 0 Å². The number of fused-ring (bicyclic) bond motifs is 5. The zero-order chi connectivity index (χ0) is 13.5. The minimum Gasteiger partial charge on any atom is -0.388 e. The van der Waals surface area contributed by atoms with Crippen LogP contribution in [0.5, 0.6) is 0 Å². The molecule has 0 unspecified atom stereocenters. The van der Waals surface area contributed by atoms with Crippen molar-refractivity contribution in [2.24, 2.45) is 0 Å². The Morgan fingerprint density at radius 2 is 1.25 bits per heavy atom. The van der Waals surface area contributed by atoms with Crippen molar-refractivity contribution in [3.63, 3.8) is 0 Å². The van der Waals surface area contributed by atoms with Crippen molar-refractivity contribution < 1.29 is 0 Å². The van der Waals surface area contributed by atoms with Crippen LogP contribution in [0.1, 0.15) is 0 Å². The number of anilines is 1. The number of hydrogen-bond donors (Lipinski definition) is 1. The first-order valence-electron chi connectivity index (χ1n) is 6.89. The van der Waals surface area contributed by atoms with Gasteiger partial charge in [0.1, 0.15) is 0 Å². The summed E-state index contributed by atoms with van der Waals surface area (Å²) in [7, 11) is 1.95. The predicted octanol–water partition coefficient (Wildman–Crippen LogP) is 5.19. The average molecular weight is 257 g/mol. The van der Waals surface area contributed by atoms with E-state index in [1.807, 2.05) is 7.05 Å². The molecule has 20 heavy (non-hydrogen) atoms. The van der Waals surface area contributed by atoms with Gasteiger partial charge in [0.2, 0.25) is 0 Å². The minimum absolute atomic E-state index is 1.15. The zero-order valence-electron chi connectivity index (χ0n) is 11.4. The summed E-state index contributed by atoms with van der Waals surface area (Å²) in [5, 5.41) is 11.1. The molecule has 0 aromatic heterocycles. The normalized spacial score (nSPS) is 11.2. The van der Waals surface area contributed by atoms with Crippen LogP contribution in [0.25, 0.3) is 32.3 Å². The van der Waals surface area contributed by atoms with Crippen LogP contribution in [0.4, 0.5) is 5.69 Å². The van der Waals surface area contributed by atoms with Crippen LogP contribution in [-0.4, -0.2) is 7.05 Å². The highest BCUT2D eigenvalue weighted by atomic mass is 14.8. The van der Waals surface area contributed by atoms with Crippen LogP contribution in [0, 0.1) is 0 Å². The van der Waals surface area contributed by atoms with Gasteiger partial charge in [-0.25, -0.2) is 0 Å². The van der Waals surface area contributed by atoms with Crippen LogP contribution < -0.4 is 5.32 Å². The van der Waals surface area contributed by atoms with Crippen molar-refractivity contribution in [3.05, 3.63) is 66.7 Å². The minimum atomic E-state index is 1.15. The molecule has 0 saturated carbocycles. The van der Waals surface area contributed by atoms with E-state index in [4.69, 9.17) is 0 Å². The third-order valence-electron chi connectivity index (χ3n) is 4.03. The molecule has 1 N–H and O–H groups in total. The predicted molar refractivity (Wildman–Crippen MR) is 88.5 cm³/mol. The Kier molecular flexibility index (Phi) is 2.40. The SMILES string of the molecule is CNc1ccc2c(ccc3c4ccccc4ccc23)c1. The van der Waals surface area contributed by atoms with E-state index in [0.717, 1.165) is 5.69 Å². The Balaban J connectivity index is 2.17. The second-order valence-corrected chi connectivity index (χ2v) is 5.13. The van der Waals surface area contributed by atoms with Gasteiger partial charge in [0.15, 0.2) is 0 Å².